The fourth-order valence-corrected chi connectivity index (χ4v) is 1.07. The molecule has 3 nitrogen and oxygen atoms in total. The minimum atomic E-state index is 0.940. The van der Waals surface area contributed by atoms with Gasteiger partial charge in [0.25, 0.3) is 0 Å². The second-order valence-electron chi connectivity index (χ2n) is 2.43. The van der Waals surface area contributed by atoms with E-state index in [0.29, 0.717) is 0 Å². The summed E-state index contributed by atoms with van der Waals surface area (Å²) < 4.78 is 3.94. The van der Waals surface area contributed by atoms with Crippen LogP contribution in [0.15, 0.2) is 36.9 Å². The van der Waals surface area contributed by atoms with Crippen molar-refractivity contribution < 1.29 is 0 Å². The van der Waals surface area contributed by atoms with E-state index < -0.39 is 0 Å². The largest absolute Gasteiger partial charge is 0.320 e. The van der Waals surface area contributed by atoms with Gasteiger partial charge in [0.05, 0.1) is 0 Å². The molecule has 56 valence electrons. The predicted octanol–water partition coefficient (Wildman–Crippen LogP) is 1.21. The lowest BCUT2D eigenvalue weighted by atomic mass is 10.7. The van der Waals surface area contributed by atoms with Gasteiger partial charge in [-0.05, 0) is 12.1 Å². The summed E-state index contributed by atoms with van der Waals surface area (Å²) in [5.41, 5.74) is 0. The Morgan fingerprint density at radius 2 is 1.91 bits per heavy atom. The van der Waals surface area contributed by atoms with E-state index >= 15 is 0 Å². The smallest absolute Gasteiger partial charge is 0.213 e. The molecule has 0 N–H and O–H groups in total. The van der Waals surface area contributed by atoms with Gasteiger partial charge in [-0.15, -0.1) is 0 Å². The summed E-state index contributed by atoms with van der Waals surface area (Å²) in [5.74, 6) is 0.940. The molecule has 0 unspecified atom stereocenters. The van der Waals surface area contributed by atoms with Gasteiger partial charge in [-0.1, -0.05) is 0 Å². The van der Waals surface area contributed by atoms with E-state index in [4.69, 9.17) is 0 Å². The van der Waals surface area contributed by atoms with E-state index in [2.05, 4.69) is 4.98 Å². The molecule has 0 saturated carbocycles. The second-order valence-corrected chi connectivity index (χ2v) is 2.43. The fraction of sp³-hybridized carbons (Fsp3) is 0.125. The Morgan fingerprint density at radius 1 is 1.18 bits per heavy atom. The number of aryl methyl sites for hydroxylation is 1. The van der Waals surface area contributed by atoms with Crippen molar-refractivity contribution in [3.63, 3.8) is 0 Å². The van der Waals surface area contributed by atoms with Crippen LogP contribution in [-0.4, -0.2) is 14.1 Å². The molecule has 0 bridgehead atoms. The van der Waals surface area contributed by atoms with Crippen LogP contribution in [0.1, 0.15) is 0 Å². The standard InChI is InChI=1S/C8H9N3/c1-10-7-4-9-8(10)11-5-2-3-6-11/h2-7H,1H3. The summed E-state index contributed by atoms with van der Waals surface area (Å²) in [6.07, 6.45) is 7.66. The summed E-state index contributed by atoms with van der Waals surface area (Å²) in [5, 5.41) is 0. The third-order valence-corrected chi connectivity index (χ3v) is 1.63. The van der Waals surface area contributed by atoms with Gasteiger partial charge in [-0.2, -0.15) is 0 Å². The van der Waals surface area contributed by atoms with Gasteiger partial charge < -0.3 is 4.57 Å². The van der Waals surface area contributed by atoms with Crippen molar-refractivity contribution in [1.29, 1.82) is 0 Å². The molecule has 0 aliphatic carbocycles. The van der Waals surface area contributed by atoms with Crippen LogP contribution < -0.4 is 0 Å². The quantitative estimate of drug-likeness (QED) is 0.594. The Balaban J connectivity index is 2.53. The molecule has 0 radical (unpaired) electrons. The van der Waals surface area contributed by atoms with Crippen LogP contribution in [0.25, 0.3) is 5.95 Å². The van der Waals surface area contributed by atoms with Crippen molar-refractivity contribution in [2.24, 2.45) is 7.05 Å². The monoisotopic (exact) mass is 147 g/mol. The van der Waals surface area contributed by atoms with Gasteiger partial charge >= 0.3 is 0 Å². The highest BCUT2D eigenvalue weighted by molar-refractivity contribution is 5.14. The summed E-state index contributed by atoms with van der Waals surface area (Å²) in [4.78, 5) is 4.18. The molecule has 2 aromatic rings. The van der Waals surface area contributed by atoms with Gasteiger partial charge in [-0.25, -0.2) is 4.98 Å². The normalized spacial score (nSPS) is 10.3. The van der Waals surface area contributed by atoms with E-state index in [9.17, 15) is 0 Å². The molecule has 11 heavy (non-hydrogen) atoms. The molecule has 0 aliphatic rings. The van der Waals surface area contributed by atoms with E-state index in [1.807, 2.05) is 46.9 Å². The zero-order valence-electron chi connectivity index (χ0n) is 6.31. The third kappa shape index (κ3) is 0.941. The Bertz CT molecular complexity index is 332. The lowest BCUT2D eigenvalue weighted by Crippen LogP contribution is -1.99. The molecule has 0 fully saturated rings. The first kappa shape index (κ1) is 6.22. The van der Waals surface area contributed by atoms with Crippen LogP contribution in [0.2, 0.25) is 0 Å². The highest BCUT2D eigenvalue weighted by Crippen LogP contribution is 2.02. The van der Waals surface area contributed by atoms with E-state index in [-0.39, 0.29) is 0 Å². The first-order chi connectivity index (χ1) is 5.38. The maximum atomic E-state index is 4.18. The SMILES string of the molecule is Cn1ccnc1-n1cccc1. The fourth-order valence-electron chi connectivity index (χ4n) is 1.07. The molecule has 0 aliphatic heterocycles. The molecule has 2 aromatic heterocycles. The highest BCUT2D eigenvalue weighted by atomic mass is 15.2. The van der Waals surface area contributed by atoms with Gasteiger partial charge in [0.1, 0.15) is 0 Å². The number of imidazole rings is 1. The van der Waals surface area contributed by atoms with Gasteiger partial charge in [0, 0.05) is 31.8 Å². The summed E-state index contributed by atoms with van der Waals surface area (Å²) in [7, 11) is 1.97. The summed E-state index contributed by atoms with van der Waals surface area (Å²) in [6, 6.07) is 3.96. The number of hydrogen-bond donors (Lipinski definition) is 0. The average molecular weight is 147 g/mol. The van der Waals surface area contributed by atoms with Gasteiger partial charge in [0.2, 0.25) is 5.95 Å². The zero-order chi connectivity index (χ0) is 7.68. The molecule has 2 rings (SSSR count). The maximum Gasteiger partial charge on any atom is 0.213 e. The Hall–Kier alpha value is -1.51. The Kier molecular flexibility index (Phi) is 1.28. The van der Waals surface area contributed by atoms with Gasteiger partial charge in [-0.3, -0.25) is 4.57 Å². The lowest BCUT2D eigenvalue weighted by Gasteiger charge is -2.00. The van der Waals surface area contributed by atoms with Crippen molar-refractivity contribution in [2.75, 3.05) is 0 Å². The van der Waals surface area contributed by atoms with Crippen LogP contribution in [0.3, 0.4) is 0 Å². The molecule has 3 heteroatoms. The predicted molar refractivity (Wildman–Crippen MR) is 42.5 cm³/mol. The topological polar surface area (TPSA) is 22.8 Å². The minimum Gasteiger partial charge on any atom is -0.320 e. The summed E-state index contributed by atoms with van der Waals surface area (Å²) >= 11 is 0. The van der Waals surface area contributed by atoms with Crippen LogP contribution in [-0.2, 0) is 7.05 Å². The third-order valence-electron chi connectivity index (χ3n) is 1.63. The molecular weight excluding hydrogens is 138 g/mol. The number of rotatable bonds is 1. The molecule has 0 aromatic carbocycles. The zero-order valence-corrected chi connectivity index (χ0v) is 6.31. The maximum absolute atomic E-state index is 4.18. The van der Waals surface area contributed by atoms with Crippen molar-refractivity contribution >= 4 is 0 Å². The molecule has 0 amide bonds. The van der Waals surface area contributed by atoms with Crippen LogP contribution >= 0.6 is 0 Å². The van der Waals surface area contributed by atoms with E-state index in [0.717, 1.165) is 5.95 Å². The lowest BCUT2D eigenvalue weighted by molar-refractivity contribution is 0.822. The molecule has 2 heterocycles. The van der Waals surface area contributed by atoms with E-state index in [1.165, 1.54) is 0 Å². The second kappa shape index (κ2) is 2.27. The number of hydrogen-bond acceptors (Lipinski definition) is 1. The Labute approximate surface area is 64.9 Å². The first-order valence-electron chi connectivity index (χ1n) is 3.48. The first-order valence-corrected chi connectivity index (χ1v) is 3.48. The Morgan fingerprint density at radius 3 is 2.45 bits per heavy atom. The number of aromatic nitrogens is 3. The van der Waals surface area contributed by atoms with Gasteiger partial charge in [0.15, 0.2) is 0 Å². The van der Waals surface area contributed by atoms with Crippen molar-refractivity contribution in [1.82, 2.24) is 14.1 Å². The highest BCUT2D eigenvalue weighted by Gasteiger charge is 1.97. The summed E-state index contributed by atoms with van der Waals surface area (Å²) in [6.45, 7) is 0. The van der Waals surface area contributed by atoms with Crippen molar-refractivity contribution in [2.45, 2.75) is 0 Å². The van der Waals surface area contributed by atoms with Crippen LogP contribution in [0, 0.1) is 0 Å². The van der Waals surface area contributed by atoms with E-state index in [1.54, 1.807) is 6.20 Å². The van der Waals surface area contributed by atoms with Crippen LogP contribution in [0.5, 0.6) is 0 Å². The molecule has 0 saturated heterocycles. The molecule has 0 atom stereocenters. The average Bonchev–Trinajstić information content (AvgIpc) is 2.55. The molecular formula is C8H9N3. The van der Waals surface area contributed by atoms with Crippen molar-refractivity contribution in [3.8, 4) is 5.95 Å². The number of nitrogens with zero attached hydrogens (tertiary/aromatic N) is 3. The van der Waals surface area contributed by atoms with Crippen molar-refractivity contribution in [3.05, 3.63) is 36.9 Å². The minimum absolute atomic E-state index is 0.940. The van der Waals surface area contributed by atoms with Crippen LogP contribution in [0.4, 0.5) is 0 Å². The molecule has 0 spiro atoms.